The Morgan fingerprint density at radius 2 is 1.89 bits per heavy atom. The number of carbonyl (C=O) groups excluding carboxylic acids is 1. The summed E-state index contributed by atoms with van der Waals surface area (Å²) in [7, 11) is 2.15. The van der Waals surface area contributed by atoms with Gasteiger partial charge in [-0.15, -0.1) is 0 Å². The molecule has 0 N–H and O–H groups in total. The number of nitrogens with zero attached hydrogens (tertiary/aromatic N) is 3. The van der Waals surface area contributed by atoms with Crippen LogP contribution in [0.3, 0.4) is 0 Å². The van der Waals surface area contributed by atoms with E-state index in [1.165, 1.54) is 5.56 Å². The molecule has 0 aromatic heterocycles. The second kappa shape index (κ2) is 7.91. The first-order valence-corrected chi connectivity index (χ1v) is 10.1. The van der Waals surface area contributed by atoms with E-state index in [9.17, 15) is 4.79 Å². The van der Waals surface area contributed by atoms with E-state index in [0.29, 0.717) is 0 Å². The summed E-state index contributed by atoms with van der Waals surface area (Å²) in [5.41, 5.74) is 3.00. The average Bonchev–Trinajstić information content (AvgIpc) is 2.90. The van der Waals surface area contributed by atoms with Crippen LogP contribution in [0.2, 0.25) is 5.02 Å². The first-order chi connectivity index (χ1) is 13.1. The zero-order valence-corrected chi connectivity index (χ0v) is 16.4. The molecule has 0 unspecified atom stereocenters. The predicted molar refractivity (Wildman–Crippen MR) is 106 cm³/mol. The largest absolute Gasteiger partial charge is 0.444 e. The zero-order chi connectivity index (χ0) is 18.8. The Balaban J connectivity index is 1.67. The summed E-state index contributed by atoms with van der Waals surface area (Å²) >= 11 is 6.03. The van der Waals surface area contributed by atoms with Crippen molar-refractivity contribution in [2.75, 3.05) is 20.1 Å². The lowest BCUT2D eigenvalue weighted by molar-refractivity contribution is -0.546. The van der Waals surface area contributed by atoms with Crippen LogP contribution in [0.15, 0.2) is 53.6 Å². The van der Waals surface area contributed by atoms with Crippen LogP contribution in [0.25, 0.3) is 0 Å². The van der Waals surface area contributed by atoms with E-state index in [1.807, 2.05) is 48.5 Å². The Kier molecular flexibility index (Phi) is 5.37. The van der Waals surface area contributed by atoms with Gasteiger partial charge in [-0.2, -0.15) is 0 Å². The summed E-state index contributed by atoms with van der Waals surface area (Å²) in [6.45, 7) is 2.09. The van der Waals surface area contributed by atoms with Gasteiger partial charge in [-0.3, -0.25) is 0 Å². The summed E-state index contributed by atoms with van der Waals surface area (Å²) < 4.78 is 1.79. The Morgan fingerprint density at radius 1 is 1.11 bits per heavy atom. The third-order valence-corrected chi connectivity index (χ3v) is 5.88. The minimum atomic E-state index is -0.0407. The monoisotopic (exact) mass is 382 g/mol. The number of hydrogen-bond acceptors (Lipinski definition) is 3. The molecule has 0 bridgehead atoms. The summed E-state index contributed by atoms with van der Waals surface area (Å²) in [5.74, 6) is 0.0486. The molecule has 140 valence electrons. The molecule has 2 aromatic rings. The molecular weight excluding hydrogens is 358 g/mol. The molecule has 1 saturated heterocycles. The zero-order valence-electron chi connectivity index (χ0n) is 15.6. The van der Waals surface area contributed by atoms with Crippen molar-refractivity contribution >= 4 is 17.5 Å². The van der Waals surface area contributed by atoms with Crippen molar-refractivity contribution in [1.82, 2.24) is 4.90 Å². The topological polar surface area (TPSA) is 35.7 Å². The van der Waals surface area contributed by atoms with Gasteiger partial charge in [-0.05, 0) is 53.6 Å². The van der Waals surface area contributed by atoms with E-state index in [2.05, 4.69) is 11.9 Å². The number of rotatable bonds is 3. The summed E-state index contributed by atoms with van der Waals surface area (Å²) in [6, 6.07) is 16.0. The molecule has 2 aromatic carbocycles. The Morgan fingerprint density at radius 3 is 2.70 bits per heavy atom. The fourth-order valence-corrected chi connectivity index (χ4v) is 4.22. The molecule has 0 saturated carbocycles. The van der Waals surface area contributed by atoms with Crippen molar-refractivity contribution in [3.63, 3.8) is 0 Å². The van der Waals surface area contributed by atoms with Gasteiger partial charge in [0.1, 0.15) is 6.04 Å². The highest BCUT2D eigenvalue weighted by Crippen LogP contribution is 2.32. The van der Waals surface area contributed by atoms with E-state index in [4.69, 9.17) is 16.7 Å². The maximum Gasteiger partial charge on any atom is 0.444 e. The van der Waals surface area contributed by atoms with Gasteiger partial charge < -0.3 is 4.90 Å². The van der Waals surface area contributed by atoms with Crippen LogP contribution in [0.1, 0.15) is 46.8 Å². The number of fused-ring (bicyclic) bond motifs is 1. The maximum atomic E-state index is 13.2. The molecule has 2 aliphatic heterocycles. The van der Waals surface area contributed by atoms with Gasteiger partial charge in [-0.25, -0.2) is 4.79 Å². The van der Waals surface area contributed by atoms with Crippen molar-refractivity contribution in [3.05, 3.63) is 70.2 Å². The molecule has 1 amide bonds. The van der Waals surface area contributed by atoms with Crippen molar-refractivity contribution in [3.8, 4) is 0 Å². The van der Waals surface area contributed by atoms with Crippen LogP contribution >= 0.6 is 11.6 Å². The van der Waals surface area contributed by atoms with E-state index in [-0.39, 0.29) is 18.0 Å². The Bertz CT molecular complexity index is 862. The van der Waals surface area contributed by atoms with Gasteiger partial charge in [-0.1, -0.05) is 41.9 Å². The van der Waals surface area contributed by atoms with Crippen LogP contribution in [0, 0.1) is 0 Å². The van der Waals surface area contributed by atoms with Crippen LogP contribution < -0.4 is 0 Å². The highest BCUT2D eigenvalue weighted by molar-refractivity contribution is 6.30. The first-order valence-electron chi connectivity index (χ1n) is 9.68. The quantitative estimate of drug-likeness (QED) is 0.719. The number of halogens is 1. The van der Waals surface area contributed by atoms with Crippen LogP contribution in [-0.2, 0) is 6.42 Å². The number of likely N-dealkylation sites (tertiary alicyclic amines) is 1. The van der Waals surface area contributed by atoms with Gasteiger partial charge in [0, 0.05) is 36.4 Å². The molecular formula is C22H25ClN3O+. The van der Waals surface area contributed by atoms with Crippen molar-refractivity contribution in [1.29, 1.82) is 0 Å². The summed E-state index contributed by atoms with van der Waals surface area (Å²) in [5, 5.41) is 5.68. The van der Waals surface area contributed by atoms with Crippen LogP contribution in [0.5, 0.6) is 0 Å². The van der Waals surface area contributed by atoms with Gasteiger partial charge in [0.05, 0.1) is 5.56 Å². The van der Waals surface area contributed by atoms with E-state index in [0.717, 1.165) is 54.9 Å². The molecule has 0 spiro atoms. The third-order valence-electron chi connectivity index (χ3n) is 5.63. The predicted octanol–water partition coefficient (Wildman–Crippen LogP) is 4.73. The third kappa shape index (κ3) is 3.97. The molecule has 5 heteroatoms. The number of benzene rings is 2. The minimum absolute atomic E-state index is 0.0407. The molecule has 27 heavy (non-hydrogen) atoms. The number of carbonyl (C=O) groups is 1. The number of azo groups is 2. The molecule has 4 nitrogen and oxygen atoms in total. The fourth-order valence-electron chi connectivity index (χ4n) is 4.09. The lowest BCUT2D eigenvalue weighted by atomic mass is 9.93. The molecule has 0 aliphatic carbocycles. The van der Waals surface area contributed by atoms with Crippen molar-refractivity contribution < 1.29 is 9.49 Å². The minimum Gasteiger partial charge on any atom is -0.306 e. The summed E-state index contributed by atoms with van der Waals surface area (Å²) in [4.78, 5) is 15.5. The van der Waals surface area contributed by atoms with Gasteiger partial charge in [0.2, 0.25) is 0 Å². The lowest BCUT2D eigenvalue weighted by Gasteiger charge is -2.20. The second-order valence-electron chi connectivity index (χ2n) is 7.59. The van der Waals surface area contributed by atoms with Gasteiger partial charge in [0.15, 0.2) is 6.04 Å². The first kappa shape index (κ1) is 18.3. The molecule has 0 radical (unpaired) electrons. The standard InChI is InChI=1S/C22H25ClN3O/c1-25-13-4-5-18(12-14-25)26-22(27)20-7-3-2-6-19(20)21(24-26)15-16-8-10-17(23)11-9-16/h2-3,6-11,18,21H,4-5,12-15H2,1H3/q+1/t18-,21-/m0/s1. The van der Waals surface area contributed by atoms with E-state index in [1.54, 1.807) is 4.70 Å². The van der Waals surface area contributed by atoms with Crippen molar-refractivity contribution in [2.45, 2.75) is 37.8 Å². The molecule has 1 fully saturated rings. The second-order valence-corrected chi connectivity index (χ2v) is 8.02. The average molecular weight is 383 g/mol. The Labute approximate surface area is 165 Å². The van der Waals surface area contributed by atoms with E-state index < -0.39 is 0 Å². The van der Waals surface area contributed by atoms with E-state index >= 15 is 0 Å². The van der Waals surface area contributed by atoms with Crippen molar-refractivity contribution in [2.24, 2.45) is 5.11 Å². The SMILES string of the molecule is CN1CCC[C@H]([N+]2=N[C@@H](Cc3ccc(Cl)cc3)c3ccccc3C2=O)CC1. The van der Waals surface area contributed by atoms with Crippen LogP contribution in [-0.4, -0.2) is 41.7 Å². The molecule has 2 atom stereocenters. The van der Waals surface area contributed by atoms with Gasteiger partial charge in [0.25, 0.3) is 0 Å². The summed E-state index contributed by atoms with van der Waals surface area (Å²) in [6.07, 6.45) is 3.85. The Hall–Kier alpha value is -2.04. The highest BCUT2D eigenvalue weighted by atomic mass is 35.5. The lowest BCUT2D eigenvalue weighted by Crippen LogP contribution is -2.36. The molecule has 4 rings (SSSR count). The molecule has 2 heterocycles. The fraction of sp³-hybridized carbons (Fsp3) is 0.409. The number of hydrogen-bond donors (Lipinski definition) is 0. The highest BCUT2D eigenvalue weighted by Gasteiger charge is 2.40. The van der Waals surface area contributed by atoms with Gasteiger partial charge >= 0.3 is 5.91 Å². The number of amides is 1. The smallest absolute Gasteiger partial charge is 0.306 e. The normalized spacial score (nSPS) is 23.5. The maximum absolute atomic E-state index is 13.2. The van der Waals surface area contributed by atoms with Crippen LogP contribution in [0.4, 0.5) is 0 Å². The molecule has 2 aliphatic rings.